The van der Waals surface area contributed by atoms with Crippen LogP contribution in [0.1, 0.15) is 0 Å². The van der Waals surface area contributed by atoms with Crippen LogP contribution in [0.15, 0.2) is 72.8 Å². The molecule has 0 radical (unpaired) electrons. The lowest BCUT2D eigenvalue weighted by Crippen LogP contribution is -2.45. The van der Waals surface area contributed by atoms with E-state index in [1.807, 2.05) is 60.7 Å². The second-order valence-corrected chi connectivity index (χ2v) is 8.22. The second-order valence-electron chi connectivity index (χ2n) is 8.22. The minimum atomic E-state index is 0.113. The maximum atomic E-state index is 5.87. The van der Waals surface area contributed by atoms with E-state index in [0.29, 0.717) is 13.2 Å². The average molecular weight is 439 g/mol. The molecule has 6 heteroatoms. The zero-order valence-corrected chi connectivity index (χ0v) is 18.7. The van der Waals surface area contributed by atoms with Crippen molar-refractivity contribution in [1.29, 1.82) is 0 Å². The number of hydrogen-bond acceptors (Lipinski definition) is 6. The quantitative estimate of drug-likeness (QED) is 0.531. The highest BCUT2D eigenvalue weighted by Gasteiger charge is 2.21. The van der Waals surface area contributed by atoms with E-state index in [1.54, 1.807) is 0 Å². The Balaban J connectivity index is 1.12. The predicted molar refractivity (Wildman–Crippen MR) is 125 cm³/mol. The number of nitrogens with zero attached hydrogens (tertiary/aromatic N) is 2. The highest BCUT2D eigenvalue weighted by atomic mass is 16.5. The first kappa shape index (κ1) is 22.8. The molecule has 2 fully saturated rings. The summed E-state index contributed by atoms with van der Waals surface area (Å²) in [5, 5.41) is 0. The summed E-state index contributed by atoms with van der Waals surface area (Å²) in [6, 6.07) is 19.9. The van der Waals surface area contributed by atoms with Gasteiger partial charge in [0, 0.05) is 39.3 Å². The van der Waals surface area contributed by atoms with Crippen molar-refractivity contribution < 1.29 is 18.9 Å². The fourth-order valence-corrected chi connectivity index (χ4v) is 3.95. The fraction of sp³-hybridized carbons (Fsp3) is 0.462. The first-order valence-corrected chi connectivity index (χ1v) is 11.5. The molecule has 0 saturated carbocycles. The Hall–Kier alpha value is -2.38. The lowest BCUT2D eigenvalue weighted by molar-refractivity contribution is -0.0456. The van der Waals surface area contributed by atoms with Crippen LogP contribution in [-0.4, -0.2) is 87.7 Å². The molecule has 0 N–H and O–H groups in total. The molecule has 2 atom stereocenters. The molecule has 2 aromatic carbocycles. The van der Waals surface area contributed by atoms with Gasteiger partial charge in [-0.3, -0.25) is 9.80 Å². The van der Waals surface area contributed by atoms with Crippen molar-refractivity contribution in [1.82, 2.24) is 9.80 Å². The summed E-state index contributed by atoms with van der Waals surface area (Å²) < 4.78 is 23.5. The van der Waals surface area contributed by atoms with Gasteiger partial charge in [-0.2, -0.15) is 0 Å². The van der Waals surface area contributed by atoms with Gasteiger partial charge in [-0.15, -0.1) is 0 Å². The van der Waals surface area contributed by atoms with Gasteiger partial charge in [-0.25, -0.2) is 0 Å². The van der Waals surface area contributed by atoms with Crippen LogP contribution >= 0.6 is 0 Å². The normalized spacial score (nSPS) is 22.8. The largest absolute Gasteiger partial charge is 0.491 e. The van der Waals surface area contributed by atoms with E-state index in [0.717, 1.165) is 64.0 Å². The van der Waals surface area contributed by atoms with Gasteiger partial charge in [0.25, 0.3) is 0 Å². The Labute approximate surface area is 191 Å². The van der Waals surface area contributed by atoms with Crippen LogP contribution in [0.25, 0.3) is 0 Å². The molecule has 172 valence electrons. The maximum Gasteiger partial charge on any atom is 0.119 e. The Morgan fingerprint density at radius 3 is 1.56 bits per heavy atom. The molecule has 6 nitrogen and oxygen atoms in total. The van der Waals surface area contributed by atoms with Crippen molar-refractivity contribution in [3.05, 3.63) is 72.8 Å². The van der Waals surface area contributed by atoms with E-state index < -0.39 is 0 Å². The molecule has 0 aliphatic carbocycles. The number of ether oxygens (including phenoxy) is 4. The minimum Gasteiger partial charge on any atom is -0.491 e. The first-order valence-electron chi connectivity index (χ1n) is 11.5. The van der Waals surface area contributed by atoms with Crippen LogP contribution in [-0.2, 0) is 9.47 Å². The van der Waals surface area contributed by atoms with Gasteiger partial charge in [0.1, 0.15) is 36.9 Å². The van der Waals surface area contributed by atoms with Crippen molar-refractivity contribution in [2.45, 2.75) is 12.2 Å². The average Bonchev–Trinajstić information content (AvgIpc) is 2.86. The van der Waals surface area contributed by atoms with Crippen molar-refractivity contribution in [2.75, 3.05) is 65.7 Å². The van der Waals surface area contributed by atoms with Crippen LogP contribution in [0, 0.1) is 0 Å². The van der Waals surface area contributed by atoms with E-state index in [9.17, 15) is 0 Å². The Kier molecular flexibility index (Phi) is 8.98. The molecule has 2 saturated heterocycles. The van der Waals surface area contributed by atoms with E-state index in [-0.39, 0.29) is 12.2 Å². The lowest BCUT2D eigenvalue weighted by atomic mass is 10.2. The van der Waals surface area contributed by atoms with Gasteiger partial charge in [0.05, 0.1) is 13.2 Å². The molecule has 0 aromatic heterocycles. The minimum absolute atomic E-state index is 0.113. The SMILES string of the molecule is C(=C\CN1CCOC(COc2ccccc2)C1)/CN1CCOC(COc2ccccc2)C1. The molecular formula is C26H34N2O4. The molecule has 2 aliphatic heterocycles. The fourth-order valence-electron chi connectivity index (χ4n) is 3.95. The third-order valence-corrected chi connectivity index (χ3v) is 5.70. The molecule has 2 aliphatic rings. The summed E-state index contributed by atoms with van der Waals surface area (Å²) in [5.74, 6) is 1.79. The summed E-state index contributed by atoms with van der Waals surface area (Å²) >= 11 is 0. The van der Waals surface area contributed by atoms with E-state index >= 15 is 0 Å². The highest BCUT2D eigenvalue weighted by Crippen LogP contribution is 2.13. The monoisotopic (exact) mass is 438 g/mol. The summed E-state index contributed by atoms with van der Waals surface area (Å²) in [4.78, 5) is 4.85. The number of morpholine rings is 2. The van der Waals surface area contributed by atoms with Crippen LogP contribution in [0.2, 0.25) is 0 Å². The molecule has 0 bridgehead atoms. The Morgan fingerprint density at radius 1 is 0.688 bits per heavy atom. The topological polar surface area (TPSA) is 43.4 Å². The molecular weight excluding hydrogens is 404 g/mol. The third kappa shape index (κ3) is 7.64. The van der Waals surface area contributed by atoms with Crippen LogP contribution in [0.4, 0.5) is 0 Å². The maximum absolute atomic E-state index is 5.87. The number of benzene rings is 2. The van der Waals surface area contributed by atoms with Crippen LogP contribution in [0.5, 0.6) is 11.5 Å². The summed E-state index contributed by atoms with van der Waals surface area (Å²) in [6.45, 7) is 8.28. The number of hydrogen-bond donors (Lipinski definition) is 0. The zero-order chi connectivity index (χ0) is 21.8. The van der Waals surface area contributed by atoms with Gasteiger partial charge in [0.15, 0.2) is 0 Å². The third-order valence-electron chi connectivity index (χ3n) is 5.70. The van der Waals surface area contributed by atoms with Gasteiger partial charge in [-0.1, -0.05) is 48.6 Å². The molecule has 2 aromatic rings. The highest BCUT2D eigenvalue weighted by molar-refractivity contribution is 5.21. The van der Waals surface area contributed by atoms with Crippen LogP contribution in [0.3, 0.4) is 0 Å². The molecule has 2 unspecified atom stereocenters. The molecule has 32 heavy (non-hydrogen) atoms. The number of rotatable bonds is 10. The number of para-hydroxylation sites is 2. The van der Waals surface area contributed by atoms with Gasteiger partial charge in [0.2, 0.25) is 0 Å². The molecule has 0 spiro atoms. The standard InChI is InChI=1S/C26H34N2O4/c1-3-9-23(10-4-1)31-21-25-19-27(15-17-29-25)13-7-8-14-28-16-18-30-26(20-28)22-32-24-11-5-2-6-12-24/h1-12,25-26H,13-22H2/b8-7+. The Morgan fingerprint density at radius 2 is 1.12 bits per heavy atom. The van der Waals surface area contributed by atoms with Crippen molar-refractivity contribution in [2.24, 2.45) is 0 Å². The second kappa shape index (κ2) is 12.6. The van der Waals surface area contributed by atoms with E-state index in [1.165, 1.54) is 0 Å². The van der Waals surface area contributed by atoms with Gasteiger partial charge < -0.3 is 18.9 Å². The van der Waals surface area contributed by atoms with E-state index in [2.05, 4.69) is 22.0 Å². The lowest BCUT2D eigenvalue weighted by Gasteiger charge is -2.33. The predicted octanol–water partition coefficient (Wildman–Crippen LogP) is 3.10. The summed E-state index contributed by atoms with van der Waals surface area (Å²) in [7, 11) is 0. The molecule has 2 heterocycles. The van der Waals surface area contributed by atoms with Crippen molar-refractivity contribution >= 4 is 0 Å². The Bertz CT molecular complexity index is 734. The van der Waals surface area contributed by atoms with E-state index in [4.69, 9.17) is 18.9 Å². The summed E-state index contributed by atoms with van der Waals surface area (Å²) in [5.41, 5.74) is 0. The molecule has 4 rings (SSSR count). The van der Waals surface area contributed by atoms with Gasteiger partial charge >= 0.3 is 0 Å². The summed E-state index contributed by atoms with van der Waals surface area (Å²) in [6.07, 6.45) is 4.76. The molecule has 0 amide bonds. The first-order chi connectivity index (χ1) is 15.8. The van der Waals surface area contributed by atoms with Gasteiger partial charge in [-0.05, 0) is 24.3 Å². The smallest absolute Gasteiger partial charge is 0.119 e. The zero-order valence-electron chi connectivity index (χ0n) is 18.7. The van der Waals surface area contributed by atoms with Crippen LogP contribution < -0.4 is 9.47 Å². The van der Waals surface area contributed by atoms with Crippen molar-refractivity contribution in [3.63, 3.8) is 0 Å². The van der Waals surface area contributed by atoms with Crippen molar-refractivity contribution in [3.8, 4) is 11.5 Å².